The van der Waals surface area contributed by atoms with Crippen LogP contribution in [0.15, 0.2) is 22.9 Å². The number of carbonyl (C=O) groups is 3. The first kappa shape index (κ1) is 24.0. The maximum absolute atomic E-state index is 13.1. The Morgan fingerprint density at radius 1 is 1.16 bits per heavy atom. The van der Waals surface area contributed by atoms with Crippen molar-refractivity contribution in [1.29, 1.82) is 0 Å². The summed E-state index contributed by atoms with van der Waals surface area (Å²) in [6.07, 6.45) is 4.31. The monoisotopic (exact) mass is 461 g/mol. The lowest BCUT2D eigenvalue weighted by Crippen LogP contribution is -2.72. The minimum absolute atomic E-state index is 0.238. The molecule has 1 fully saturated rings. The summed E-state index contributed by atoms with van der Waals surface area (Å²) in [4.78, 5) is 44.9. The summed E-state index contributed by atoms with van der Waals surface area (Å²) < 4.78 is 10.9. The van der Waals surface area contributed by atoms with Gasteiger partial charge in [-0.3, -0.25) is 9.69 Å². The van der Waals surface area contributed by atoms with E-state index in [4.69, 9.17) is 9.47 Å². The number of hydrogen-bond acceptors (Lipinski definition) is 7. The first-order valence-corrected chi connectivity index (χ1v) is 11.5. The van der Waals surface area contributed by atoms with Gasteiger partial charge in [0, 0.05) is 4.88 Å². The number of amides is 2. The fourth-order valence-electron chi connectivity index (χ4n) is 3.65. The van der Waals surface area contributed by atoms with Crippen LogP contribution in [-0.4, -0.2) is 51.1 Å². The normalized spacial score (nSPS) is 21.3. The largest absolute Gasteiger partial charge is 0.455 e. The maximum Gasteiger partial charge on any atom is 0.408 e. The smallest absolute Gasteiger partial charge is 0.408 e. The van der Waals surface area contributed by atoms with Crippen molar-refractivity contribution >= 4 is 35.4 Å². The number of fused-ring (bicyclic) bond motifs is 1. The van der Waals surface area contributed by atoms with Crippen LogP contribution in [0, 0.1) is 6.92 Å². The highest BCUT2D eigenvalue weighted by Gasteiger charge is 2.54. The third kappa shape index (κ3) is 5.38. The van der Waals surface area contributed by atoms with Gasteiger partial charge in [-0.25, -0.2) is 14.6 Å². The molecule has 2 amide bonds. The molecular weight excluding hydrogens is 430 g/mol. The van der Waals surface area contributed by atoms with Gasteiger partial charge in [0.2, 0.25) is 0 Å². The minimum atomic E-state index is -0.725. The highest BCUT2D eigenvalue weighted by Crippen LogP contribution is 2.38. The zero-order chi connectivity index (χ0) is 23.8. The van der Waals surface area contributed by atoms with Crippen LogP contribution in [0.4, 0.5) is 4.79 Å². The van der Waals surface area contributed by atoms with Crippen molar-refractivity contribution in [3.05, 3.63) is 33.4 Å². The van der Waals surface area contributed by atoms with E-state index < -0.39 is 29.3 Å². The van der Waals surface area contributed by atoms with E-state index in [-0.39, 0.29) is 17.6 Å². The molecule has 1 saturated heterocycles. The summed E-state index contributed by atoms with van der Waals surface area (Å²) in [6, 6.07) is -1.05. The van der Waals surface area contributed by atoms with Crippen LogP contribution in [0.25, 0.3) is 6.08 Å². The fourth-order valence-corrected chi connectivity index (χ4v) is 4.35. The van der Waals surface area contributed by atoms with E-state index in [0.29, 0.717) is 12.8 Å². The van der Waals surface area contributed by atoms with Crippen molar-refractivity contribution in [2.24, 2.45) is 0 Å². The van der Waals surface area contributed by atoms with Gasteiger partial charge in [0.05, 0.1) is 17.2 Å². The maximum atomic E-state index is 13.1. The number of alkyl carbamates (subject to hydrolysis) is 1. The van der Waals surface area contributed by atoms with Gasteiger partial charge in [-0.05, 0) is 73.0 Å². The van der Waals surface area contributed by atoms with E-state index >= 15 is 0 Å². The topological polar surface area (TPSA) is 97.8 Å². The summed E-state index contributed by atoms with van der Waals surface area (Å²) in [5, 5.41) is 2.65. The predicted molar refractivity (Wildman–Crippen MR) is 122 cm³/mol. The number of hydrogen-bond donors (Lipinski definition) is 1. The number of aryl methyl sites for hydroxylation is 1. The molecule has 0 saturated carbocycles. The number of thiazole rings is 1. The number of esters is 1. The van der Waals surface area contributed by atoms with Crippen LogP contribution < -0.4 is 5.32 Å². The Morgan fingerprint density at radius 2 is 1.81 bits per heavy atom. The summed E-state index contributed by atoms with van der Waals surface area (Å²) in [5.74, 6) is -0.895. The average molecular weight is 462 g/mol. The van der Waals surface area contributed by atoms with Crippen molar-refractivity contribution < 1.29 is 23.9 Å². The standard InChI is InChI=1S/C23H31N3O5S/c1-13-16(32-12-24-13)11-9-14-8-10-15-17(25-21(29)31-23(5,6)7)19(27)26(15)18(14)20(28)30-22(2,3)4/h9,11-12,15,17H,8,10H2,1-7H3,(H,25,29)/t15-,17+/m1/s1. The Bertz CT molecular complexity index is 980. The molecule has 3 rings (SSSR count). The van der Waals surface area contributed by atoms with E-state index in [1.165, 1.54) is 16.2 Å². The molecule has 2 atom stereocenters. The van der Waals surface area contributed by atoms with E-state index in [9.17, 15) is 14.4 Å². The minimum Gasteiger partial charge on any atom is -0.455 e. The summed E-state index contributed by atoms with van der Waals surface area (Å²) in [5.41, 5.74) is 2.26. The highest BCUT2D eigenvalue weighted by molar-refractivity contribution is 7.10. The molecule has 174 valence electrons. The molecule has 2 aliphatic heterocycles. The zero-order valence-corrected chi connectivity index (χ0v) is 20.5. The number of allylic oxidation sites excluding steroid dienone is 2. The van der Waals surface area contributed by atoms with Gasteiger partial charge in [0.25, 0.3) is 5.91 Å². The van der Waals surface area contributed by atoms with Crippen molar-refractivity contribution in [2.75, 3.05) is 0 Å². The first-order chi connectivity index (χ1) is 14.8. The Labute approximate surface area is 192 Å². The molecule has 9 heteroatoms. The molecule has 3 heterocycles. The van der Waals surface area contributed by atoms with E-state index in [1.54, 1.807) is 47.1 Å². The molecule has 0 aromatic carbocycles. The summed E-state index contributed by atoms with van der Waals surface area (Å²) in [7, 11) is 0. The summed E-state index contributed by atoms with van der Waals surface area (Å²) in [6.45, 7) is 12.5. The van der Waals surface area contributed by atoms with Crippen LogP contribution in [-0.2, 0) is 19.1 Å². The van der Waals surface area contributed by atoms with E-state index in [2.05, 4.69) is 10.3 Å². The number of nitrogens with zero attached hydrogens (tertiary/aromatic N) is 2. The third-order valence-electron chi connectivity index (χ3n) is 4.96. The van der Waals surface area contributed by atoms with Gasteiger partial charge < -0.3 is 14.8 Å². The molecule has 0 radical (unpaired) electrons. The van der Waals surface area contributed by atoms with E-state index in [0.717, 1.165) is 16.1 Å². The number of ether oxygens (including phenoxy) is 2. The number of aromatic nitrogens is 1. The lowest BCUT2D eigenvalue weighted by atomic mass is 9.83. The van der Waals surface area contributed by atoms with Gasteiger partial charge >= 0.3 is 12.1 Å². The number of β-lactam (4-membered cyclic amide) rings is 1. The Kier molecular flexibility index (Phi) is 6.51. The summed E-state index contributed by atoms with van der Waals surface area (Å²) >= 11 is 1.51. The van der Waals surface area contributed by atoms with Crippen molar-refractivity contribution in [3.8, 4) is 0 Å². The van der Waals surface area contributed by atoms with E-state index in [1.807, 2.05) is 19.1 Å². The number of rotatable bonds is 4. The number of carbonyl (C=O) groups excluding carboxylic acids is 3. The van der Waals surface area contributed by atoms with Crippen molar-refractivity contribution in [3.63, 3.8) is 0 Å². The molecule has 2 aliphatic rings. The SMILES string of the molecule is Cc1ncsc1C=CC1=C(C(=O)OC(C)(C)C)N2C(=O)[C@@H](NC(=O)OC(C)(C)C)[C@H]2CC1. The molecule has 1 N–H and O–H groups in total. The Morgan fingerprint density at radius 3 is 2.38 bits per heavy atom. The quantitative estimate of drug-likeness (QED) is 0.538. The molecule has 1 aromatic rings. The second-order valence-electron chi connectivity index (χ2n) is 9.95. The second-order valence-corrected chi connectivity index (χ2v) is 10.8. The molecule has 0 unspecified atom stereocenters. The van der Waals surface area contributed by atoms with Gasteiger partial charge in [-0.15, -0.1) is 11.3 Å². The van der Waals surface area contributed by atoms with Crippen LogP contribution >= 0.6 is 11.3 Å². The second kappa shape index (κ2) is 8.69. The van der Waals surface area contributed by atoms with Gasteiger partial charge in [-0.1, -0.05) is 6.08 Å². The Balaban J connectivity index is 1.87. The van der Waals surface area contributed by atoms with Crippen LogP contribution in [0.3, 0.4) is 0 Å². The highest BCUT2D eigenvalue weighted by atomic mass is 32.1. The zero-order valence-electron chi connectivity index (χ0n) is 19.6. The van der Waals surface area contributed by atoms with Crippen molar-refractivity contribution in [2.45, 2.75) is 84.6 Å². The van der Waals surface area contributed by atoms with Crippen LogP contribution in [0.2, 0.25) is 0 Å². The molecular formula is C23H31N3O5S. The molecule has 0 bridgehead atoms. The molecule has 0 spiro atoms. The van der Waals surface area contributed by atoms with Crippen molar-refractivity contribution in [1.82, 2.24) is 15.2 Å². The lowest BCUT2D eigenvalue weighted by molar-refractivity contribution is -0.161. The van der Waals surface area contributed by atoms with Crippen LogP contribution in [0.1, 0.15) is 65.0 Å². The third-order valence-corrected chi connectivity index (χ3v) is 5.85. The molecule has 8 nitrogen and oxygen atoms in total. The molecule has 1 aromatic heterocycles. The van der Waals surface area contributed by atoms with Crippen LogP contribution in [0.5, 0.6) is 0 Å². The fraction of sp³-hybridized carbons (Fsp3) is 0.565. The van der Waals surface area contributed by atoms with Gasteiger partial charge in [0.15, 0.2) is 0 Å². The molecule has 0 aliphatic carbocycles. The van der Waals surface area contributed by atoms with Gasteiger partial charge in [-0.2, -0.15) is 0 Å². The van der Waals surface area contributed by atoms with Gasteiger partial charge in [0.1, 0.15) is 22.9 Å². The predicted octanol–water partition coefficient (Wildman–Crippen LogP) is 3.96. The number of nitrogens with one attached hydrogen (secondary N) is 1. The molecule has 32 heavy (non-hydrogen) atoms. The average Bonchev–Trinajstić information content (AvgIpc) is 3.05. The lowest BCUT2D eigenvalue weighted by Gasteiger charge is -2.50. The Hall–Kier alpha value is -2.68. The first-order valence-electron chi connectivity index (χ1n) is 10.6.